The third-order valence-corrected chi connectivity index (χ3v) is 10.1. The Labute approximate surface area is 233 Å². The summed E-state index contributed by atoms with van der Waals surface area (Å²) in [5.41, 5.74) is 6.97. The molecule has 0 aromatic heterocycles. The summed E-state index contributed by atoms with van der Waals surface area (Å²) in [6.45, 7) is 7.80. The summed E-state index contributed by atoms with van der Waals surface area (Å²) >= 11 is 0. The predicted molar refractivity (Wildman–Crippen MR) is 163 cm³/mol. The van der Waals surface area contributed by atoms with Crippen molar-refractivity contribution in [3.8, 4) is 0 Å². The molecule has 216 valence electrons. The fourth-order valence-corrected chi connectivity index (χ4v) is 7.90. The molecule has 0 amide bonds. The molecule has 2 aliphatic rings. The Bertz CT molecular complexity index is 570. The zero-order valence-corrected chi connectivity index (χ0v) is 25.5. The van der Waals surface area contributed by atoms with Gasteiger partial charge in [0, 0.05) is 0 Å². The van der Waals surface area contributed by atoms with Gasteiger partial charge in [-0.3, -0.25) is 0 Å². The summed E-state index contributed by atoms with van der Waals surface area (Å²) in [7, 11) is 0. The van der Waals surface area contributed by atoms with Crippen LogP contribution in [0.4, 0.5) is 0 Å². The smallest absolute Gasteiger partial charge is 0.0596 e. The summed E-state index contributed by atoms with van der Waals surface area (Å²) in [5.74, 6) is 5.66. The summed E-state index contributed by atoms with van der Waals surface area (Å²) in [4.78, 5) is 0. The molecule has 0 bridgehead atoms. The van der Waals surface area contributed by atoms with Crippen LogP contribution in [0.3, 0.4) is 0 Å². The standard InChI is InChI=1S/C35H66N2/c1-4-7-10-14-18-22-30-25-26-33-28-31(21-9-6-3)32(23-17-11-8-5-2)29-35(33)34(30)24-19-15-12-13-16-20-27-37-36/h25-26,30-36H,4-24,27-29H2,1-3H3. The van der Waals surface area contributed by atoms with Gasteiger partial charge in [0.25, 0.3) is 0 Å². The van der Waals surface area contributed by atoms with E-state index in [0.717, 1.165) is 48.5 Å². The summed E-state index contributed by atoms with van der Waals surface area (Å²) < 4.78 is 0. The molecule has 2 aliphatic carbocycles. The van der Waals surface area contributed by atoms with Crippen LogP contribution < -0.4 is 0 Å². The van der Waals surface area contributed by atoms with Gasteiger partial charge in [0.05, 0.1) is 6.54 Å². The van der Waals surface area contributed by atoms with Gasteiger partial charge in [-0.2, -0.15) is 5.11 Å². The van der Waals surface area contributed by atoms with Crippen molar-refractivity contribution >= 4 is 0 Å². The van der Waals surface area contributed by atoms with Crippen molar-refractivity contribution < 1.29 is 0 Å². The van der Waals surface area contributed by atoms with Crippen molar-refractivity contribution in [3.63, 3.8) is 0 Å². The normalized spacial score (nSPS) is 27.3. The first-order chi connectivity index (χ1) is 18.2. The van der Waals surface area contributed by atoms with Crippen molar-refractivity contribution in [2.75, 3.05) is 6.54 Å². The Kier molecular flexibility index (Phi) is 18.6. The first-order valence-corrected chi connectivity index (χ1v) is 17.3. The molecule has 0 aromatic rings. The third kappa shape index (κ3) is 12.8. The number of unbranched alkanes of at least 4 members (excludes halogenated alkanes) is 13. The quantitative estimate of drug-likeness (QED) is 0.0799. The molecule has 0 heterocycles. The lowest BCUT2D eigenvalue weighted by molar-refractivity contribution is 0.0501. The number of fused-ring (bicyclic) bond motifs is 1. The predicted octanol–water partition coefficient (Wildman–Crippen LogP) is 12.3. The molecule has 6 unspecified atom stereocenters. The van der Waals surface area contributed by atoms with Crippen LogP contribution >= 0.6 is 0 Å². The molecule has 2 rings (SSSR count). The average Bonchev–Trinajstić information content (AvgIpc) is 2.91. The van der Waals surface area contributed by atoms with E-state index in [0.29, 0.717) is 0 Å². The van der Waals surface area contributed by atoms with E-state index in [2.05, 4.69) is 38.0 Å². The second-order valence-corrected chi connectivity index (χ2v) is 13.0. The summed E-state index contributed by atoms with van der Waals surface area (Å²) in [5, 5.41) is 3.52. The molecule has 1 saturated carbocycles. The highest BCUT2D eigenvalue weighted by atomic mass is 14.9. The van der Waals surface area contributed by atoms with Crippen molar-refractivity contribution in [1.29, 1.82) is 5.53 Å². The number of hydrogen-bond donors (Lipinski definition) is 1. The zero-order chi connectivity index (χ0) is 26.6. The molecule has 0 aromatic carbocycles. The largest absolute Gasteiger partial charge is 0.210 e. The molecule has 2 nitrogen and oxygen atoms in total. The highest BCUT2D eigenvalue weighted by Gasteiger charge is 2.42. The summed E-state index contributed by atoms with van der Waals surface area (Å²) in [6.07, 6.45) is 38.1. The van der Waals surface area contributed by atoms with E-state index in [1.54, 1.807) is 6.42 Å². The van der Waals surface area contributed by atoms with E-state index in [4.69, 9.17) is 5.53 Å². The Hall–Kier alpha value is -0.660. The van der Waals surface area contributed by atoms with Crippen molar-refractivity contribution in [1.82, 2.24) is 0 Å². The van der Waals surface area contributed by atoms with Gasteiger partial charge in [-0.25, -0.2) is 5.53 Å². The maximum atomic E-state index is 6.97. The zero-order valence-electron chi connectivity index (χ0n) is 25.5. The monoisotopic (exact) mass is 515 g/mol. The Balaban J connectivity index is 1.98. The molecule has 0 spiro atoms. The molecule has 0 saturated heterocycles. The van der Waals surface area contributed by atoms with Crippen molar-refractivity contribution in [2.24, 2.45) is 40.6 Å². The molecular weight excluding hydrogens is 448 g/mol. The number of nitrogens with one attached hydrogen (secondary N) is 1. The first kappa shape index (κ1) is 32.6. The lowest BCUT2D eigenvalue weighted by Gasteiger charge is -2.48. The van der Waals surface area contributed by atoms with E-state index in [9.17, 15) is 0 Å². The van der Waals surface area contributed by atoms with Crippen LogP contribution in [0.1, 0.15) is 168 Å². The molecule has 1 fully saturated rings. The number of hydrogen-bond acceptors (Lipinski definition) is 2. The minimum atomic E-state index is 0.732. The van der Waals surface area contributed by atoms with Gasteiger partial charge in [-0.15, -0.1) is 0 Å². The lowest BCUT2D eigenvalue weighted by atomic mass is 9.57. The van der Waals surface area contributed by atoms with E-state index in [1.807, 2.05) is 0 Å². The minimum absolute atomic E-state index is 0.732. The van der Waals surface area contributed by atoms with Crippen LogP contribution in [0.2, 0.25) is 0 Å². The highest BCUT2D eigenvalue weighted by Crippen LogP contribution is 2.51. The molecule has 2 heteroatoms. The van der Waals surface area contributed by atoms with Gasteiger partial charge < -0.3 is 0 Å². The maximum absolute atomic E-state index is 6.97. The van der Waals surface area contributed by atoms with Gasteiger partial charge in [-0.05, 0) is 67.6 Å². The molecule has 37 heavy (non-hydrogen) atoms. The van der Waals surface area contributed by atoms with Crippen LogP contribution in [0.5, 0.6) is 0 Å². The molecule has 6 atom stereocenters. The Morgan fingerprint density at radius 2 is 1.11 bits per heavy atom. The Morgan fingerprint density at radius 1 is 0.568 bits per heavy atom. The van der Waals surface area contributed by atoms with E-state index < -0.39 is 0 Å². The first-order valence-electron chi connectivity index (χ1n) is 17.3. The molecule has 0 aliphatic heterocycles. The minimum Gasteiger partial charge on any atom is -0.210 e. The highest BCUT2D eigenvalue weighted by molar-refractivity contribution is 5.08. The van der Waals surface area contributed by atoms with Gasteiger partial charge in [0.15, 0.2) is 0 Å². The number of nitrogens with zero attached hydrogens (tertiary/aromatic N) is 1. The van der Waals surface area contributed by atoms with E-state index >= 15 is 0 Å². The van der Waals surface area contributed by atoms with Crippen LogP contribution in [0.25, 0.3) is 0 Å². The lowest BCUT2D eigenvalue weighted by Crippen LogP contribution is -2.39. The van der Waals surface area contributed by atoms with Crippen LogP contribution in [0, 0.1) is 41.0 Å². The van der Waals surface area contributed by atoms with Crippen LogP contribution in [0.15, 0.2) is 17.3 Å². The van der Waals surface area contributed by atoms with Crippen molar-refractivity contribution in [2.45, 2.75) is 168 Å². The van der Waals surface area contributed by atoms with Crippen LogP contribution in [-0.2, 0) is 0 Å². The topological polar surface area (TPSA) is 36.2 Å². The van der Waals surface area contributed by atoms with Gasteiger partial charge in [-0.1, -0.05) is 148 Å². The van der Waals surface area contributed by atoms with Gasteiger partial charge in [0.2, 0.25) is 0 Å². The molecule has 0 radical (unpaired) electrons. The molecule has 1 N–H and O–H groups in total. The SMILES string of the molecule is CCCCCCCC1C=CC2CC(CCCC)C(CCCCCC)CC2C1CCCCCCCCN=N. The third-order valence-electron chi connectivity index (χ3n) is 10.1. The van der Waals surface area contributed by atoms with E-state index in [1.165, 1.54) is 135 Å². The Morgan fingerprint density at radius 3 is 1.81 bits per heavy atom. The maximum Gasteiger partial charge on any atom is 0.0596 e. The molecular formula is C35H66N2. The second kappa shape index (κ2) is 21.2. The summed E-state index contributed by atoms with van der Waals surface area (Å²) in [6, 6.07) is 0. The fourth-order valence-electron chi connectivity index (χ4n) is 7.90. The van der Waals surface area contributed by atoms with Gasteiger partial charge in [0.1, 0.15) is 0 Å². The van der Waals surface area contributed by atoms with E-state index in [-0.39, 0.29) is 0 Å². The van der Waals surface area contributed by atoms with Crippen LogP contribution in [-0.4, -0.2) is 6.54 Å². The number of allylic oxidation sites excluding steroid dienone is 2. The van der Waals surface area contributed by atoms with Gasteiger partial charge >= 0.3 is 0 Å². The number of rotatable bonds is 23. The average molecular weight is 515 g/mol. The fraction of sp³-hybridized carbons (Fsp3) is 0.943. The van der Waals surface area contributed by atoms with Crippen molar-refractivity contribution in [3.05, 3.63) is 12.2 Å². The second-order valence-electron chi connectivity index (χ2n) is 13.0.